The van der Waals surface area contributed by atoms with Gasteiger partial charge in [-0.1, -0.05) is 6.92 Å². The zero-order valence-electron chi connectivity index (χ0n) is 12.1. The summed E-state index contributed by atoms with van der Waals surface area (Å²) in [5.74, 6) is -0.533. The predicted octanol–water partition coefficient (Wildman–Crippen LogP) is 3.00. The summed E-state index contributed by atoms with van der Waals surface area (Å²) in [5, 5.41) is 9.32. The van der Waals surface area contributed by atoms with Crippen molar-refractivity contribution < 1.29 is 9.90 Å². The molecule has 0 aromatic rings. The van der Waals surface area contributed by atoms with Gasteiger partial charge >= 0.3 is 5.97 Å². The van der Waals surface area contributed by atoms with E-state index in [0.29, 0.717) is 5.92 Å². The third-order valence-corrected chi connectivity index (χ3v) is 4.67. The lowest BCUT2D eigenvalue weighted by Crippen LogP contribution is -2.59. The molecule has 100 valence electrons. The quantitative estimate of drug-likeness (QED) is 0.825. The zero-order valence-corrected chi connectivity index (χ0v) is 12.1. The minimum atomic E-state index is -0.631. The van der Waals surface area contributed by atoms with E-state index in [2.05, 4.69) is 39.6 Å². The predicted molar refractivity (Wildman–Crippen MR) is 70.1 cm³/mol. The molecule has 1 rings (SSSR count). The number of aliphatic carboxylic acids is 1. The second kappa shape index (κ2) is 4.60. The van der Waals surface area contributed by atoms with Gasteiger partial charge in [-0.15, -0.1) is 0 Å². The van der Waals surface area contributed by atoms with E-state index >= 15 is 0 Å². The van der Waals surface area contributed by atoms with Crippen molar-refractivity contribution in [2.75, 3.05) is 7.05 Å². The number of hydrogen-bond acceptors (Lipinski definition) is 2. The Balaban J connectivity index is 2.95. The molecule has 1 atom stereocenters. The molecular weight excluding hydrogens is 214 g/mol. The van der Waals surface area contributed by atoms with Gasteiger partial charge in [0, 0.05) is 11.1 Å². The second-order valence-corrected chi connectivity index (χ2v) is 6.71. The van der Waals surface area contributed by atoms with Crippen LogP contribution in [0.2, 0.25) is 0 Å². The highest BCUT2D eigenvalue weighted by molar-refractivity contribution is 5.70. The second-order valence-electron chi connectivity index (χ2n) is 6.71. The molecule has 1 fully saturated rings. The molecule has 3 heteroatoms. The van der Waals surface area contributed by atoms with E-state index in [4.69, 9.17) is 0 Å². The van der Waals surface area contributed by atoms with Gasteiger partial charge in [0.15, 0.2) is 0 Å². The van der Waals surface area contributed by atoms with Crippen molar-refractivity contribution in [1.82, 2.24) is 4.90 Å². The van der Waals surface area contributed by atoms with Crippen molar-refractivity contribution in [3.05, 3.63) is 0 Å². The molecule has 0 saturated carbocycles. The summed E-state index contributed by atoms with van der Waals surface area (Å²) in [4.78, 5) is 13.7. The fourth-order valence-electron chi connectivity index (χ4n) is 3.44. The van der Waals surface area contributed by atoms with Crippen LogP contribution in [0.1, 0.15) is 53.9 Å². The fraction of sp³-hybridized carbons (Fsp3) is 0.929. The molecule has 0 bridgehead atoms. The molecule has 0 aromatic carbocycles. The Morgan fingerprint density at radius 1 is 1.29 bits per heavy atom. The van der Waals surface area contributed by atoms with E-state index in [1.165, 1.54) is 0 Å². The van der Waals surface area contributed by atoms with E-state index < -0.39 is 5.97 Å². The minimum absolute atomic E-state index is 0.0787. The maximum Gasteiger partial charge on any atom is 0.306 e. The summed E-state index contributed by atoms with van der Waals surface area (Å²) in [7, 11) is 2.15. The molecule has 0 aliphatic carbocycles. The van der Waals surface area contributed by atoms with Gasteiger partial charge in [-0.25, -0.2) is 0 Å². The number of carboxylic acids is 1. The van der Waals surface area contributed by atoms with E-state index in [1.54, 1.807) is 0 Å². The number of carbonyl (C=O) groups is 1. The molecule has 1 saturated heterocycles. The molecule has 1 unspecified atom stereocenters. The van der Waals surface area contributed by atoms with E-state index in [9.17, 15) is 9.90 Å². The molecule has 1 N–H and O–H groups in total. The molecular formula is C14H27NO2. The highest BCUT2D eigenvalue weighted by atomic mass is 16.4. The summed E-state index contributed by atoms with van der Waals surface area (Å²) >= 11 is 0. The van der Waals surface area contributed by atoms with Gasteiger partial charge in [-0.05, 0) is 59.9 Å². The first-order valence-corrected chi connectivity index (χ1v) is 6.58. The SMILES string of the molecule is CCC(C(=O)O)C1CC(C)(C)N(C)C(C)(C)C1. The molecule has 1 heterocycles. The van der Waals surface area contributed by atoms with Crippen molar-refractivity contribution in [1.29, 1.82) is 0 Å². The number of rotatable bonds is 3. The van der Waals surface area contributed by atoms with Gasteiger partial charge < -0.3 is 5.11 Å². The van der Waals surface area contributed by atoms with Crippen LogP contribution in [-0.2, 0) is 4.79 Å². The van der Waals surface area contributed by atoms with Crippen molar-refractivity contribution >= 4 is 5.97 Å². The Kier molecular flexibility index (Phi) is 3.92. The normalized spacial score (nSPS) is 26.7. The third-order valence-electron chi connectivity index (χ3n) is 4.67. The van der Waals surface area contributed by atoms with Gasteiger partial charge in [0.1, 0.15) is 0 Å². The summed E-state index contributed by atoms with van der Waals surface area (Å²) in [6.07, 6.45) is 2.67. The van der Waals surface area contributed by atoms with Crippen LogP contribution in [0.25, 0.3) is 0 Å². The maximum atomic E-state index is 11.3. The summed E-state index contributed by atoms with van der Waals surface area (Å²) in [5.41, 5.74) is 0.157. The Morgan fingerprint density at radius 2 is 1.71 bits per heavy atom. The van der Waals surface area contributed by atoms with Crippen LogP contribution < -0.4 is 0 Å². The van der Waals surface area contributed by atoms with Gasteiger partial charge in [-0.3, -0.25) is 9.69 Å². The largest absolute Gasteiger partial charge is 0.481 e. The number of piperidine rings is 1. The van der Waals surface area contributed by atoms with Crippen LogP contribution in [-0.4, -0.2) is 34.1 Å². The zero-order chi connectivity index (χ0) is 13.4. The Morgan fingerprint density at radius 3 is 2.00 bits per heavy atom. The lowest BCUT2D eigenvalue weighted by molar-refractivity contribution is -0.147. The molecule has 3 nitrogen and oxygen atoms in total. The summed E-state index contributed by atoms with van der Waals surface area (Å²) in [6.45, 7) is 10.9. The Hall–Kier alpha value is -0.570. The number of carboxylic acid groups (broad SMARTS) is 1. The molecule has 0 amide bonds. The van der Waals surface area contributed by atoms with Crippen LogP contribution >= 0.6 is 0 Å². The van der Waals surface area contributed by atoms with Crippen LogP contribution in [0.4, 0.5) is 0 Å². The van der Waals surface area contributed by atoms with E-state index in [0.717, 1.165) is 19.3 Å². The van der Waals surface area contributed by atoms with Gasteiger partial charge in [0.05, 0.1) is 5.92 Å². The van der Waals surface area contributed by atoms with Crippen molar-refractivity contribution in [2.24, 2.45) is 11.8 Å². The Bertz CT molecular complexity index is 279. The van der Waals surface area contributed by atoms with E-state index in [-0.39, 0.29) is 17.0 Å². The van der Waals surface area contributed by atoms with Crippen molar-refractivity contribution in [3.8, 4) is 0 Å². The first kappa shape index (κ1) is 14.5. The van der Waals surface area contributed by atoms with Crippen molar-refractivity contribution in [3.63, 3.8) is 0 Å². The highest BCUT2D eigenvalue weighted by Crippen LogP contribution is 2.43. The molecule has 0 spiro atoms. The van der Waals surface area contributed by atoms with Gasteiger partial charge in [-0.2, -0.15) is 0 Å². The maximum absolute atomic E-state index is 11.3. The van der Waals surface area contributed by atoms with Crippen LogP contribution in [0.15, 0.2) is 0 Å². The first-order chi connectivity index (χ1) is 7.62. The van der Waals surface area contributed by atoms with Crippen LogP contribution in [0.3, 0.4) is 0 Å². The molecule has 0 aromatic heterocycles. The topological polar surface area (TPSA) is 40.5 Å². The highest BCUT2D eigenvalue weighted by Gasteiger charge is 2.46. The monoisotopic (exact) mass is 241 g/mol. The minimum Gasteiger partial charge on any atom is -0.481 e. The molecule has 0 radical (unpaired) electrons. The lowest BCUT2D eigenvalue weighted by Gasteiger charge is -2.54. The van der Waals surface area contributed by atoms with Crippen molar-refractivity contribution in [2.45, 2.75) is 65.0 Å². The third kappa shape index (κ3) is 2.82. The number of hydrogen-bond donors (Lipinski definition) is 1. The standard InChI is InChI=1S/C14H27NO2/c1-7-11(12(16)17)10-8-13(2,3)15(6)14(4,5)9-10/h10-11H,7-9H2,1-6H3,(H,16,17). The lowest BCUT2D eigenvalue weighted by atomic mass is 9.69. The summed E-state index contributed by atoms with van der Waals surface area (Å²) < 4.78 is 0. The fourth-order valence-corrected chi connectivity index (χ4v) is 3.44. The van der Waals surface area contributed by atoms with Gasteiger partial charge in [0.2, 0.25) is 0 Å². The number of nitrogens with zero attached hydrogens (tertiary/aromatic N) is 1. The smallest absolute Gasteiger partial charge is 0.306 e. The average Bonchev–Trinajstić information content (AvgIpc) is 2.13. The molecule has 1 aliphatic rings. The van der Waals surface area contributed by atoms with Crippen LogP contribution in [0.5, 0.6) is 0 Å². The van der Waals surface area contributed by atoms with Gasteiger partial charge in [0.25, 0.3) is 0 Å². The average molecular weight is 241 g/mol. The first-order valence-electron chi connectivity index (χ1n) is 6.58. The number of likely N-dealkylation sites (tertiary alicyclic amines) is 1. The molecule has 1 aliphatic heterocycles. The Labute approximate surface area is 105 Å². The molecule has 17 heavy (non-hydrogen) atoms. The van der Waals surface area contributed by atoms with E-state index in [1.807, 2.05) is 6.92 Å². The summed E-state index contributed by atoms with van der Waals surface area (Å²) in [6, 6.07) is 0. The van der Waals surface area contributed by atoms with Crippen LogP contribution in [0, 0.1) is 11.8 Å².